The van der Waals surface area contributed by atoms with Gasteiger partial charge in [0.25, 0.3) is 0 Å². The van der Waals surface area contributed by atoms with Gasteiger partial charge in [0.05, 0.1) is 12.0 Å². The molecule has 3 aromatic carbocycles. The highest BCUT2D eigenvalue weighted by Gasteiger charge is 2.29. The number of aliphatic carboxylic acids is 1. The lowest BCUT2D eigenvalue weighted by Crippen LogP contribution is -2.49. The molecule has 0 aliphatic heterocycles. The summed E-state index contributed by atoms with van der Waals surface area (Å²) in [5.41, 5.74) is 5.09. The van der Waals surface area contributed by atoms with Crippen LogP contribution in [0.1, 0.15) is 22.6 Å². The number of carboxylic acids is 1. The number of nitrogens with one attached hydrogen (secondary N) is 1. The molecule has 1 atom stereocenters. The van der Waals surface area contributed by atoms with E-state index < -0.39 is 18.1 Å². The normalized spacial score (nSPS) is 13.2. The zero-order valence-electron chi connectivity index (χ0n) is 16.0. The van der Waals surface area contributed by atoms with Crippen molar-refractivity contribution in [2.75, 3.05) is 6.61 Å². The quantitative estimate of drug-likeness (QED) is 0.661. The van der Waals surface area contributed by atoms with Gasteiger partial charge in [0, 0.05) is 10.9 Å². The summed E-state index contributed by atoms with van der Waals surface area (Å²) in [6.45, 7) is 0.108. The minimum Gasteiger partial charge on any atom is -0.548 e. The van der Waals surface area contributed by atoms with Crippen molar-refractivity contribution in [2.24, 2.45) is 0 Å². The highest BCUT2D eigenvalue weighted by atomic mass is 35.5. The summed E-state index contributed by atoms with van der Waals surface area (Å²) in [6, 6.07) is 21.6. The second kappa shape index (κ2) is 8.59. The van der Waals surface area contributed by atoms with Crippen molar-refractivity contribution in [3.8, 4) is 11.1 Å². The number of carbonyl (C=O) groups is 2. The zero-order chi connectivity index (χ0) is 21.1. The molecule has 1 N–H and O–H groups in total. The molecular weight excluding hydrogens is 402 g/mol. The first-order chi connectivity index (χ1) is 14.5. The molecule has 0 unspecified atom stereocenters. The molecule has 4 rings (SSSR count). The van der Waals surface area contributed by atoms with Crippen LogP contribution in [0, 0.1) is 0 Å². The lowest BCUT2D eigenvalue weighted by molar-refractivity contribution is -0.308. The molecule has 5 nitrogen and oxygen atoms in total. The number of benzene rings is 3. The van der Waals surface area contributed by atoms with Crippen LogP contribution in [0.5, 0.6) is 0 Å². The topological polar surface area (TPSA) is 78.5 Å². The number of halogens is 1. The van der Waals surface area contributed by atoms with E-state index in [1.807, 2.05) is 48.5 Å². The predicted molar refractivity (Wildman–Crippen MR) is 112 cm³/mol. The van der Waals surface area contributed by atoms with Crippen molar-refractivity contribution >= 4 is 23.7 Å². The molecule has 0 bridgehead atoms. The van der Waals surface area contributed by atoms with Gasteiger partial charge in [-0.2, -0.15) is 0 Å². The average molecular weight is 421 g/mol. The van der Waals surface area contributed by atoms with E-state index in [2.05, 4.69) is 5.32 Å². The van der Waals surface area contributed by atoms with Crippen LogP contribution in [0.4, 0.5) is 4.79 Å². The Morgan fingerprint density at radius 2 is 1.60 bits per heavy atom. The standard InChI is InChI=1S/C24H20ClNO4/c25-16-7-5-6-15(12-16)13-22(23(27)28)26-24(29)30-14-21-19-10-3-1-8-17(19)18-9-2-4-11-20(18)21/h1-12,21-22H,13-14H2,(H,26,29)(H,27,28)/p-1/t22-/m0/s1. The Labute approximate surface area is 179 Å². The first-order valence-electron chi connectivity index (χ1n) is 9.59. The molecule has 0 saturated heterocycles. The summed E-state index contributed by atoms with van der Waals surface area (Å²) in [5, 5.41) is 14.4. The predicted octanol–water partition coefficient (Wildman–Crippen LogP) is 3.54. The summed E-state index contributed by atoms with van der Waals surface area (Å²) in [7, 11) is 0. The molecule has 6 heteroatoms. The number of alkyl carbamates (subject to hydrolysis) is 1. The SMILES string of the molecule is O=C(N[C@@H](Cc1cccc(Cl)c1)C(=O)[O-])OCC1c2ccccc2-c2ccccc21. The van der Waals surface area contributed by atoms with Gasteiger partial charge in [-0.25, -0.2) is 4.79 Å². The van der Waals surface area contributed by atoms with E-state index in [-0.39, 0.29) is 18.9 Å². The largest absolute Gasteiger partial charge is 0.548 e. The Balaban J connectivity index is 1.43. The fourth-order valence-corrected chi connectivity index (χ4v) is 4.09. The maximum absolute atomic E-state index is 12.3. The number of hydrogen-bond acceptors (Lipinski definition) is 4. The second-order valence-corrected chi connectivity index (χ2v) is 7.61. The summed E-state index contributed by atoms with van der Waals surface area (Å²) in [5.74, 6) is -1.49. The van der Waals surface area contributed by atoms with Gasteiger partial charge in [-0.05, 0) is 46.4 Å². The van der Waals surface area contributed by atoms with E-state index in [0.717, 1.165) is 22.3 Å². The third kappa shape index (κ3) is 4.16. The number of carboxylic acid groups (broad SMARTS) is 1. The number of ether oxygens (including phenoxy) is 1. The van der Waals surface area contributed by atoms with Gasteiger partial charge in [-0.3, -0.25) is 0 Å². The van der Waals surface area contributed by atoms with Crippen LogP contribution in [0.25, 0.3) is 11.1 Å². The van der Waals surface area contributed by atoms with Gasteiger partial charge in [0.1, 0.15) is 6.61 Å². The minimum atomic E-state index is -1.39. The van der Waals surface area contributed by atoms with Crippen molar-refractivity contribution in [3.63, 3.8) is 0 Å². The van der Waals surface area contributed by atoms with E-state index in [9.17, 15) is 14.7 Å². The van der Waals surface area contributed by atoms with Crippen molar-refractivity contribution in [1.82, 2.24) is 5.32 Å². The lowest BCUT2D eigenvalue weighted by atomic mass is 9.98. The smallest absolute Gasteiger partial charge is 0.407 e. The third-order valence-electron chi connectivity index (χ3n) is 5.25. The van der Waals surface area contributed by atoms with E-state index >= 15 is 0 Å². The van der Waals surface area contributed by atoms with Crippen LogP contribution < -0.4 is 10.4 Å². The Morgan fingerprint density at radius 3 is 2.20 bits per heavy atom. The average Bonchev–Trinajstić information content (AvgIpc) is 3.06. The lowest BCUT2D eigenvalue weighted by Gasteiger charge is -2.21. The van der Waals surface area contributed by atoms with Crippen LogP contribution >= 0.6 is 11.6 Å². The number of carbonyl (C=O) groups excluding carboxylic acids is 2. The van der Waals surface area contributed by atoms with Crippen LogP contribution in [0.2, 0.25) is 5.02 Å². The maximum atomic E-state index is 12.3. The van der Waals surface area contributed by atoms with Gasteiger partial charge in [0.2, 0.25) is 0 Å². The Bertz CT molecular complexity index is 1050. The third-order valence-corrected chi connectivity index (χ3v) is 5.48. The summed E-state index contributed by atoms with van der Waals surface area (Å²) >= 11 is 5.94. The fourth-order valence-electron chi connectivity index (χ4n) is 3.88. The first-order valence-corrected chi connectivity index (χ1v) is 9.97. The molecule has 0 aromatic heterocycles. The van der Waals surface area contributed by atoms with Gasteiger partial charge >= 0.3 is 6.09 Å². The molecule has 0 radical (unpaired) electrons. The molecule has 3 aromatic rings. The first kappa shape index (κ1) is 20.0. The van der Waals surface area contributed by atoms with E-state index in [1.165, 1.54) is 0 Å². The highest BCUT2D eigenvalue weighted by Crippen LogP contribution is 2.44. The zero-order valence-corrected chi connectivity index (χ0v) is 16.8. The summed E-state index contributed by atoms with van der Waals surface area (Å²) in [4.78, 5) is 23.8. The van der Waals surface area contributed by atoms with E-state index in [1.54, 1.807) is 24.3 Å². The van der Waals surface area contributed by atoms with Crippen molar-refractivity contribution in [2.45, 2.75) is 18.4 Å². The number of hydrogen-bond donors (Lipinski definition) is 1. The number of fused-ring (bicyclic) bond motifs is 3. The monoisotopic (exact) mass is 420 g/mol. The molecule has 0 saturated carbocycles. The fraction of sp³-hybridized carbons (Fsp3) is 0.167. The van der Waals surface area contributed by atoms with E-state index in [4.69, 9.17) is 16.3 Å². The number of rotatable bonds is 6. The summed E-state index contributed by atoms with van der Waals surface area (Å²) < 4.78 is 5.41. The van der Waals surface area contributed by atoms with Crippen LogP contribution in [-0.4, -0.2) is 24.7 Å². The Kier molecular flexibility index (Phi) is 5.72. The molecule has 152 valence electrons. The second-order valence-electron chi connectivity index (χ2n) is 7.18. The minimum absolute atomic E-state index is 0.0487. The van der Waals surface area contributed by atoms with Crippen LogP contribution in [-0.2, 0) is 16.0 Å². The number of amides is 1. The Morgan fingerprint density at radius 1 is 0.967 bits per heavy atom. The Hall–Kier alpha value is -3.31. The van der Waals surface area contributed by atoms with Gasteiger partial charge in [-0.15, -0.1) is 0 Å². The van der Waals surface area contributed by atoms with Gasteiger partial charge in [-0.1, -0.05) is 72.3 Å². The molecule has 0 fully saturated rings. The van der Waals surface area contributed by atoms with Crippen molar-refractivity contribution < 1.29 is 19.4 Å². The molecule has 30 heavy (non-hydrogen) atoms. The van der Waals surface area contributed by atoms with E-state index in [0.29, 0.717) is 10.6 Å². The molecular formula is C24H19ClNO4-. The van der Waals surface area contributed by atoms with Crippen molar-refractivity contribution in [3.05, 3.63) is 94.5 Å². The molecule has 0 heterocycles. The highest BCUT2D eigenvalue weighted by molar-refractivity contribution is 6.30. The molecule has 0 spiro atoms. The van der Waals surface area contributed by atoms with Gasteiger partial charge in [0.15, 0.2) is 0 Å². The van der Waals surface area contributed by atoms with Gasteiger partial charge < -0.3 is 20.0 Å². The molecule has 1 amide bonds. The van der Waals surface area contributed by atoms with Crippen LogP contribution in [0.15, 0.2) is 72.8 Å². The van der Waals surface area contributed by atoms with Crippen molar-refractivity contribution in [1.29, 1.82) is 0 Å². The van der Waals surface area contributed by atoms with Crippen LogP contribution in [0.3, 0.4) is 0 Å². The summed E-state index contributed by atoms with van der Waals surface area (Å²) in [6.07, 6.45) is -0.749. The maximum Gasteiger partial charge on any atom is 0.407 e. The molecule has 1 aliphatic rings. The molecule has 1 aliphatic carbocycles.